The van der Waals surface area contributed by atoms with Crippen LogP contribution in [0.15, 0.2) is 0 Å². The molecule has 0 N–H and O–H groups in total. The lowest BCUT2D eigenvalue weighted by molar-refractivity contribution is -0.130. The van der Waals surface area contributed by atoms with Crippen molar-refractivity contribution in [3.05, 3.63) is 0 Å². The van der Waals surface area contributed by atoms with E-state index in [2.05, 4.69) is 11.9 Å². The van der Waals surface area contributed by atoms with Gasteiger partial charge in [0, 0.05) is 32.6 Å². The quantitative estimate of drug-likeness (QED) is 0.651. The molecular formula is C11H19N3O. The Morgan fingerprint density at radius 3 is 2.60 bits per heavy atom. The van der Waals surface area contributed by atoms with Gasteiger partial charge in [-0.25, -0.2) is 0 Å². The maximum Gasteiger partial charge on any atom is 0.223 e. The fourth-order valence-corrected chi connectivity index (χ4v) is 1.50. The maximum atomic E-state index is 11.6. The topological polar surface area (TPSA) is 47.3 Å². The predicted molar refractivity (Wildman–Crippen MR) is 58.1 cm³/mol. The highest BCUT2D eigenvalue weighted by atomic mass is 16.2. The third-order valence-electron chi connectivity index (χ3n) is 2.83. The number of carbonyl (C=O) groups excluding carboxylic acids is 1. The van der Waals surface area contributed by atoms with E-state index < -0.39 is 0 Å². The van der Waals surface area contributed by atoms with Crippen LogP contribution >= 0.6 is 0 Å². The summed E-state index contributed by atoms with van der Waals surface area (Å²) in [6, 6.07) is 2.75. The summed E-state index contributed by atoms with van der Waals surface area (Å²) in [7, 11) is 3.83. The molecule has 0 bridgehead atoms. The molecule has 1 rings (SSSR count). The Balaban J connectivity index is 2.14. The maximum absolute atomic E-state index is 11.6. The van der Waals surface area contributed by atoms with Gasteiger partial charge in [0.05, 0.1) is 12.5 Å². The monoisotopic (exact) mass is 209 g/mol. The second kappa shape index (κ2) is 5.72. The lowest BCUT2D eigenvalue weighted by atomic mass is 10.3. The van der Waals surface area contributed by atoms with Crippen LogP contribution in [0.2, 0.25) is 0 Å². The first-order valence-corrected chi connectivity index (χ1v) is 5.46. The van der Waals surface area contributed by atoms with E-state index >= 15 is 0 Å². The Hall–Kier alpha value is -1.08. The number of hydrogen-bond donors (Lipinski definition) is 0. The predicted octanol–water partition coefficient (Wildman–Crippen LogP) is 0.843. The van der Waals surface area contributed by atoms with Gasteiger partial charge in [-0.15, -0.1) is 0 Å². The lowest BCUT2D eigenvalue weighted by Crippen LogP contribution is -2.32. The number of carbonyl (C=O) groups is 1. The van der Waals surface area contributed by atoms with Gasteiger partial charge in [0.15, 0.2) is 0 Å². The molecule has 0 spiro atoms. The third-order valence-corrected chi connectivity index (χ3v) is 2.83. The van der Waals surface area contributed by atoms with E-state index in [-0.39, 0.29) is 5.91 Å². The van der Waals surface area contributed by atoms with Gasteiger partial charge in [-0.3, -0.25) is 4.79 Å². The second-order valence-electron chi connectivity index (χ2n) is 4.19. The molecule has 1 saturated carbocycles. The molecule has 0 heterocycles. The van der Waals surface area contributed by atoms with Gasteiger partial charge in [0.2, 0.25) is 5.91 Å². The van der Waals surface area contributed by atoms with E-state index in [1.165, 1.54) is 12.8 Å². The summed E-state index contributed by atoms with van der Waals surface area (Å²) in [5.41, 5.74) is 0. The molecule has 1 amide bonds. The zero-order chi connectivity index (χ0) is 11.3. The number of rotatable bonds is 6. The Morgan fingerprint density at radius 1 is 1.40 bits per heavy atom. The van der Waals surface area contributed by atoms with E-state index in [0.717, 1.165) is 6.54 Å². The standard InChI is InChI=1S/C11H19N3O/c1-13(10-4-5-10)9-6-11(15)14(2)8-3-7-12/h10H,3-6,8-9H2,1-2H3. The highest BCUT2D eigenvalue weighted by Gasteiger charge is 2.26. The van der Waals surface area contributed by atoms with Gasteiger partial charge >= 0.3 is 0 Å². The normalized spacial score (nSPS) is 15.1. The molecule has 0 saturated heterocycles. The van der Waals surface area contributed by atoms with Crippen molar-refractivity contribution in [2.24, 2.45) is 0 Å². The Kier molecular flexibility index (Phi) is 4.57. The van der Waals surface area contributed by atoms with Gasteiger partial charge in [0.1, 0.15) is 0 Å². The van der Waals surface area contributed by atoms with Crippen LogP contribution in [-0.4, -0.2) is 48.9 Å². The van der Waals surface area contributed by atoms with Crippen LogP contribution in [0.1, 0.15) is 25.7 Å². The smallest absolute Gasteiger partial charge is 0.223 e. The number of nitrogens with zero attached hydrogens (tertiary/aromatic N) is 3. The van der Waals surface area contributed by atoms with Crippen molar-refractivity contribution in [1.29, 1.82) is 5.26 Å². The van der Waals surface area contributed by atoms with E-state index in [0.29, 0.717) is 25.4 Å². The van der Waals surface area contributed by atoms with Crippen molar-refractivity contribution in [3.8, 4) is 6.07 Å². The Bertz CT molecular complexity index is 255. The van der Waals surface area contributed by atoms with Crippen LogP contribution in [0.5, 0.6) is 0 Å². The van der Waals surface area contributed by atoms with Gasteiger partial charge in [0.25, 0.3) is 0 Å². The SMILES string of the molecule is CN(CCC#N)C(=O)CCN(C)C1CC1. The van der Waals surface area contributed by atoms with E-state index in [1.807, 2.05) is 6.07 Å². The van der Waals surface area contributed by atoms with E-state index in [4.69, 9.17) is 5.26 Å². The fourth-order valence-electron chi connectivity index (χ4n) is 1.50. The minimum atomic E-state index is 0.137. The second-order valence-corrected chi connectivity index (χ2v) is 4.19. The Labute approximate surface area is 91.5 Å². The van der Waals surface area contributed by atoms with Crippen LogP contribution in [0.4, 0.5) is 0 Å². The molecule has 0 aromatic rings. The summed E-state index contributed by atoms with van der Waals surface area (Å²) in [5.74, 6) is 0.137. The summed E-state index contributed by atoms with van der Waals surface area (Å²) in [4.78, 5) is 15.5. The first-order valence-electron chi connectivity index (χ1n) is 5.46. The van der Waals surface area contributed by atoms with Crippen molar-refractivity contribution in [3.63, 3.8) is 0 Å². The summed E-state index contributed by atoms with van der Waals surface area (Å²) < 4.78 is 0. The number of amides is 1. The number of nitriles is 1. The van der Waals surface area contributed by atoms with Crippen molar-refractivity contribution in [2.45, 2.75) is 31.7 Å². The minimum absolute atomic E-state index is 0.137. The van der Waals surface area contributed by atoms with Gasteiger partial charge in [-0.05, 0) is 19.9 Å². The number of hydrogen-bond acceptors (Lipinski definition) is 3. The first-order chi connectivity index (χ1) is 7.15. The van der Waals surface area contributed by atoms with Gasteiger partial charge < -0.3 is 9.80 Å². The average Bonchev–Trinajstić information content (AvgIpc) is 3.05. The average molecular weight is 209 g/mol. The molecule has 4 heteroatoms. The summed E-state index contributed by atoms with van der Waals surface area (Å²) >= 11 is 0. The molecule has 0 aromatic heterocycles. The summed E-state index contributed by atoms with van der Waals surface area (Å²) in [5, 5.41) is 8.40. The molecular weight excluding hydrogens is 190 g/mol. The highest BCUT2D eigenvalue weighted by Crippen LogP contribution is 2.25. The zero-order valence-corrected chi connectivity index (χ0v) is 9.57. The van der Waals surface area contributed by atoms with Gasteiger partial charge in [-0.1, -0.05) is 0 Å². The first kappa shape index (κ1) is 12.0. The molecule has 0 aromatic carbocycles. The van der Waals surface area contributed by atoms with Crippen molar-refractivity contribution in [2.75, 3.05) is 27.2 Å². The molecule has 4 nitrogen and oxygen atoms in total. The molecule has 0 aliphatic heterocycles. The largest absolute Gasteiger partial charge is 0.345 e. The lowest BCUT2D eigenvalue weighted by Gasteiger charge is -2.19. The van der Waals surface area contributed by atoms with Gasteiger partial charge in [-0.2, -0.15) is 5.26 Å². The molecule has 1 fully saturated rings. The fraction of sp³-hybridized carbons (Fsp3) is 0.818. The molecule has 0 unspecified atom stereocenters. The summed E-state index contributed by atoms with van der Waals surface area (Å²) in [6.07, 6.45) is 3.53. The molecule has 84 valence electrons. The third kappa shape index (κ3) is 4.30. The molecule has 0 radical (unpaired) electrons. The van der Waals surface area contributed by atoms with Crippen LogP contribution in [0.3, 0.4) is 0 Å². The van der Waals surface area contributed by atoms with Crippen molar-refractivity contribution >= 4 is 5.91 Å². The van der Waals surface area contributed by atoms with Crippen LogP contribution in [0, 0.1) is 11.3 Å². The molecule has 0 atom stereocenters. The molecule has 1 aliphatic rings. The Morgan fingerprint density at radius 2 is 2.07 bits per heavy atom. The zero-order valence-electron chi connectivity index (χ0n) is 9.57. The van der Waals surface area contributed by atoms with Crippen LogP contribution in [-0.2, 0) is 4.79 Å². The van der Waals surface area contributed by atoms with E-state index in [9.17, 15) is 4.79 Å². The highest BCUT2D eigenvalue weighted by molar-refractivity contribution is 5.76. The van der Waals surface area contributed by atoms with Crippen LogP contribution < -0.4 is 0 Å². The minimum Gasteiger partial charge on any atom is -0.345 e. The van der Waals surface area contributed by atoms with Crippen molar-refractivity contribution in [1.82, 2.24) is 9.80 Å². The summed E-state index contributed by atoms with van der Waals surface area (Å²) in [6.45, 7) is 1.38. The van der Waals surface area contributed by atoms with Crippen molar-refractivity contribution < 1.29 is 4.79 Å². The molecule has 15 heavy (non-hydrogen) atoms. The molecule has 1 aliphatic carbocycles. The van der Waals surface area contributed by atoms with E-state index in [1.54, 1.807) is 11.9 Å². The van der Waals surface area contributed by atoms with Crippen LogP contribution in [0.25, 0.3) is 0 Å².